The van der Waals surface area contributed by atoms with E-state index in [-0.39, 0.29) is 5.92 Å². The highest BCUT2D eigenvalue weighted by Crippen LogP contribution is 2.31. The van der Waals surface area contributed by atoms with Gasteiger partial charge in [0.2, 0.25) is 0 Å². The summed E-state index contributed by atoms with van der Waals surface area (Å²) in [5.41, 5.74) is 1.61. The summed E-state index contributed by atoms with van der Waals surface area (Å²) in [7, 11) is 1.99. The summed E-state index contributed by atoms with van der Waals surface area (Å²) in [5, 5.41) is 18.1. The average molecular weight is 258 g/mol. The number of para-hydroxylation sites is 1. The van der Waals surface area contributed by atoms with E-state index in [0.717, 1.165) is 31.4 Å². The molecule has 0 heterocycles. The van der Waals surface area contributed by atoms with Crippen molar-refractivity contribution < 1.29 is 9.90 Å². The van der Waals surface area contributed by atoms with Gasteiger partial charge in [0.25, 0.3) is 0 Å². The first-order valence-corrected chi connectivity index (χ1v) is 6.58. The normalized spacial score (nSPS) is 22.5. The highest BCUT2D eigenvalue weighted by atomic mass is 16.4. The van der Waals surface area contributed by atoms with Crippen molar-refractivity contribution in [1.82, 2.24) is 0 Å². The molecule has 19 heavy (non-hydrogen) atoms. The van der Waals surface area contributed by atoms with Gasteiger partial charge >= 0.3 is 5.97 Å². The molecule has 1 fully saturated rings. The van der Waals surface area contributed by atoms with E-state index in [0.29, 0.717) is 11.6 Å². The second kappa shape index (κ2) is 5.75. The Morgan fingerprint density at radius 1 is 1.32 bits per heavy atom. The topological polar surface area (TPSA) is 64.3 Å². The van der Waals surface area contributed by atoms with Crippen molar-refractivity contribution in [3.63, 3.8) is 0 Å². The molecule has 0 bridgehead atoms. The molecule has 0 spiro atoms. The number of benzene rings is 1. The number of aliphatic carboxylic acids is 1. The number of carboxylic acid groups (broad SMARTS) is 1. The summed E-state index contributed by atoms with van der Waals surface area (Å²) >= 11 is 0. The van der Waals surface area contributed by atoms with Crippen LogP contribution in [0.3, 0.4) is 0 Å². The Morgan fingerprint density at radius 2 is 1.95 bits per heavy atom. The van der Waals surface area contributed by atoms with Gasteiger partial charge in [0.05, 0.1) is 17.2 Å². The van der Waals surface area contributed by atoms with E-state index in [9.17, 15) is 4.79 Å². The largest absolute Gasteiger partial charge is 0.481 e. The van der Waals surface area contributed by atoms with Crippen molar-refractivity contribution in [2.75, 3.05) is 11.9 Å². The fourth-order valence-corrected chi connectivity index (χ4v) is 2.78. The van der Waals surface area contributed by atoms with E-state index in [2.05, 4.69) is 11.0 Å². The minimum absolute atomic E-state index is 0.198. The molecule has 1 saturated carbocycles. The molecule has 1 aliphatic carbocycles. The number of nitriles is 1. The predicted octanol–water partition coefficient (Wildman–Crippen LogP) is 2.64. The third kappa shape index (κ3) is 2.87. The summed E-state index contributed by atoms with van der Waals surface area (Å²) in [6, 6.07) is 10.1. The van der Waals surface area contributed by atoms with Gasteiger partial charge in [-0.1, -0.05) is 12.1 Å². The first-order chi connectivity index (χ1) is 9.13. The van der Waals surface area contributed by atoms with Gasteiger partial charge in [0, 0.05) is 13.1 Å². The van der Waals surface area contributed by atoms with Gasteiger partial charge in [0.15, 0.2) is 0 Å². The van der Waals surface area contributed by atoms with E-state index in [4.69, 9.17) is 10.4 Å². The SMILES string of the molecule is CN(c1ccccc1C#N)C1CCC(C(=O)O)CC1. The molecule has 100 valence electrons. The molecule has 0 radical (unpaired) electrons. The summed E-state index contributed by atoms with van der Waals surface area (Å²) in [5.74, 6) is -0.880. The van der Waals surface area contributed by atoms with Crippen LogP contribution in [0.4, 0.5) is 5.69 Å². The van der Waals surface area contributed by atoms with Crippen LogP contribution in [0.1, 0.15) is 31.2 Å². The van der Waals surface area contributed by atoms with Gasteiger partial charge in [0.1, 0.15) is 6.07 Å². The van der Waals surface area contributed by atoms with Crippen LogP contribution in [0.25, 0.3) is 0 Å². The Morgan fingerprint density at radius 3 is 2.53 bits per heavy atom. The molecule has 4 nitrogen and oxygen atoms in total. The zero-order valence-corrected chi connectivity index (χ0v) is 11.0. The molecule has 2 rings (SSSR count). The predicted molar refractivity (Wildman–Crippen MR) is 72.9 cm³/mol. The number of carboxylic acids is 1. The average Bonchev–Trinajstić information content (AvgIpc) is 2.46. The van der Waals surface area contributed by atoms with Crippen LogP contribution < -0.4 is 4.90 Å². The van der Waals surface area contributed by atoms with Gasteiger partial charge < -0.3 is 10.0 Å². The fraction of sp³-hybridized carbons (Fsp3) is 0.467. The number of hydrogen-bond donors (Lipinski definition) is 1. The Hall–Kier alpha value is -2.02. The Kier molecular flexibility index (Phi) is 4.06. The van der Waals surface area contributed by atoms with Gasteiger partial charge in [-0.3, -0.25) is 4.79 Å². The van der Waals surface area contributed by atoms with Crippen LogP contribution in [0.5, 0.6) is 0 Å². The Labute approximate surface area is 113 Å². The minimum atomic E-state index is -0.682. The number of hydrogen-bond acceptors (Lipinski definition) is 3. The van der Waals surface area contributed by atoms with E-state index in [1.54, 1.807) is 0 Å². The standard InChI is InChI=1S/C15H18N2O2/c1-17(14-5-3-2-4-12(14)10-16)13-8-6-11(7-9-13)15(18)19/h2-5,11,13H,6-9H2,1H3,(H,18,19). The lowest BCUT2D eigenvalue weighted by atomic mass is 9.85. The molecule has 0 saturated heterocycles. The molecule has 0 atom stereocenters. The highest BCUT2D eigenvalue weighted by molar-refractivity contribution is 5.70. The molecule has 4 heteroatoms. The van der Waals surface area contributed by atoms with Crippen molar-refractivity contribution in [2.45, 2.75) is 31.7 Å². The lowest BCUT2D eigenvalue weighted by Crippen LogP contribution is -2.37. The van der Waals surface area contributed by atoms with Crippen LogP contribution in [-0.4, -0.2) is 24.2 Å². The van der Waals surface area contributed by atoms with Crippen LogP contribution in [-0.2, 0) is 4.79 Å². The van der Waals surface area contributed by atoms with Crippen LogP contribution in [0.2, 0.25) is 0 Å². The van der Waals surface area contributed by atoms with Crippen molar-refractivity contribution in [2.24, 2.45) is 5.92 Å². The lowest BCUT2D eigenvalue weighted by molar-refractivity contribution is -0.142. The van der Waals surface area contributed by atoms with Gasteiger partial charge in [-0.2, -0.15) is 5.26 Å². The van der Waals surface area contributed by atoms with Crippen LogP contribution in [0.15, 0.2) is 24.3 Å². The van der Waals surface area contributed by atoms with Crippen molar-refractivity contribution in [1.29, 1.82) is 5.26 Å². The molecule has 0 unspecified atom stereocenters. The van der Waals surface area contributed by atoms with Gasteiger partial charge in [-0.05, 0) is 37.8 Å². The van der Waals surface area contributed by atoms with E-state index < -0.39 is 5.97 Å². The second-order valence-corrected chi connectivity index (χ2v) is 5.08. The maximum atomic E-state index is 10.9. The Balaban J connectivity index is 2.07. The molecule has 0 amide bonds. The minimum Gasteiger partial charge on any atom is -0.481 e. The summed E-state index contributed by atoms with van der Waals surface area (Å²) in [6.07, 6.45) is 3.18. The van der Waals surface area contributed by atoms with E-state index in [1.165, 1.54) is 0 Å². The zero-order valence-electron chi connectivity index (χ0n) is 11.0. The lowest BCUT2D eigenvalue weighted by Gasteiger charge is -2.35. The maximum Gasteiger partial charge on any atom is 0.306 e. The first kappa shape index (κ1) is 13.4. The van der Waals surface area contributed by atoms with E-state index in [1.807, 2.05) is 31.3 Å². The fourth-order valence-electron chi connectivity index (χ4n) is 2.78. The summed E-state index contributed by atoms with van der Waals surface area (Å²) < 4.78 is 0. The second-order valence-electron chi connectivity index (χ2n) is 5.08. The molecule has 0 aromatic heterocycles. The smallest absolute Gasteiger partial charge is 0.306 e. The van der Waals surface area contributed by atoms with Crippen molar-refractivity contribution in [3.8, 4) is 6.07 Å². The number of rotatable bonds is 3. The van der Waals surface area contributed by atoms with Crippen molar-refractivity contribution in [3.05, 3.63) is 29.8 Å². The molecule has 1 N–H and O–H groups in total. The quantitative estimate of drug-likeness (QED) is 0.905. The van der Waals surface area contributed by atoms with Gasteiger partial charge in [-0.25, -0.2) is 0 Å². The highest BCUT2D eigenvalue weighted by Gasteiger charge is 2.28. The number of carbonyl (C=O) groups is 1. The molecular formula is C15H18N2O2. The monoisotopic (exact) mass is 258 g/mol. The Bertz CT molecular complexity index is 499. The van der Waals surface area contributed by atoms with Gasteiger partial charge in [-0.15, -0.1) is 0 Å². The van der Waals surface area contributed by atoms with E-state index >= 15 is 0 Å². The first-order valence-electron chi connectivity index (χ1n) is 6.58. The number of nitrogens with zero attached hydrogens (tertiary/aromatic N) is 2. The maximum absolute atomic E-state index is 10.9. The summed E-state index contributed by atoms with van der Waals surface area (Å²) in [4.78, 5) is 13.1. The molecule has 1 aliphatic rings. The summed E-state index contributed by atoms with van der Waals surface area (Å²) in [6.45, 7) is 0. The molecule has 0 aliphatic heterocycles. The third-order valence-electron chi connectivity index (χ3n) is 4.00. The van der Waals surface area contributed by atoms with Crippen LogP contribution in [0, 0.1) is 17.2 Å². The third-order valence-corrected chi connectivity index (χ3v) is 4.00. The molecular weight excluding hydrogens is 240 g/mol. The zero-order chi connectivity index (χ0) is 13.8. The molecule has 1 aromatic carbocycles. The van der Waals surface area contributed by atoms with Crippen molar-refractivity contribution >= 4 is 11.7 Å². The van der Waals surface area contributed by atoms with Crippen LogP contribution >= 0.6 is 0 Å². The molecule has 1 aromatic rings. The number of anilines is 1.